The summed E-state index contributed by atoms with van der Waals surface area (Å²) in [7, 11) is 2.92. The molecule has 5 heterocycles. The van der Waals surface area contributed by atoms with Crippen molar-refractivity contribution in [1.82, 2.24) is 24.3 Å². The predicted molar refractivity (Wildman–Crippen MR) is 167 cm³/mol. The number of hydrogen-bond donors (Lipinski definition) is 3. The predicted octanol–water partition coefficient (Wildman–Crippen LogP) is 0.191. The van der Waals surface area contributed by atoms with Crippen molar-refractivity contribution < 1.29 is 14.4 Å². The number of aromatic nitrogens is 3. The molecule has 4 atom stereocenters. The molecule has 3 N–H and O–H groups in total. The fourth-order valence-corrected chi connectivity index (χ4v) is 7.26. The highest BCUT2D eigenvalue weighted by atomic mass is 16.2. The van der Waals surface area contributed by atoms with Crippen molar-refractivity contribution in [2.75, 3.05) is 23.3 Å². The van der Waals surface area contributed by atoms with Crippen LogP contribution in [0.25, 0.3) is 0 Å². The Bertz CT molecular complexity index is 1870. The van der Waals surface area contributed by atoms with Gasteiger partial charge in [0.15, 0.2) is 0 Å². The van der Waals surface area contributed by atoms with Gasteiger partial charge in [-0.15, -0.1) is 0 Å². The Hall–Kier alpha value is -4.94. The molecule has 3 aromatic rings. The van der Waals surface area contributed by atoms with Crippen molar-refractivity contribution in [1.29, 1.82) is 0 Å². The van der Waals surface area contributed by atoms with Crippen LogP contribution in [0, 0.1) is 11.8 Å². The Balaban J connectivity index is 1.20. The number of carbonyl (C=O) groups is 3. The average molecular weight is 616 g/mol. The molecule has 13 nitrogen and oxygen atoms in total. The number of rotatable bonds is 7. The molecule has 0 aliphatic carbocycles. The van der Waals surface area contributed by atoms with E-state index in [1.165, 1.54) is 31.7 Å². The molecule has 2 aromatic heterocycles. The van der Waals surface area contributed by atoms with Crippen molar-refractivity contribution in [3.8, 4) is 0 Å². The molecular formula is C32H37N7O6. The van der Waals surface area contributed by atoms with Gasteiger partial charge in [0.2, 0.25) is 17.7 Å². The molecule has 45 heavy (non-hydrogen) atoms. The highest BCUT2D eigenvalue weighted by Gasteiger charge is 2.49. The Morgan fingerprint density at radius 3 is 2.51 bits per heavy atom. The van der Waals surface area contributed by atoms with E-state index in [1.807, 2.05) is 28.8 Å². The van der Waals surface area contributed by atoms with Gasteiger partial charge in [0.1, 0.15) is 0 Å². The SMILES string of the molecule is CC(=O)Nc1ccc2c(c1)C[C@@H](C(=O)NCCC(=O)NCc1cc(=O)n(C)c(=O)n1C)[C@H]1[C@@H]3C[C@H](CN21)Cn1c3cccc1=O. The normalized spacial score (nSPS) is 21.2. The second-order valence-corrected chi connectivity index (χ2v) is 12.3. The summed E-state index contributed by atoms with van der Waals surface area (Å²) in [5.41, 5.74) is 3.00. The smallest absolute Gasteiger partial charge is 0.330 e. The lowest BCUT2D eigenvalue weighted by Gasteiger charge is -2.54. The Morgan fingerprint density at radius 2 is 1.73 bits per heavy atom. The number of piperidine rings is 1. The van der Waals surface area contributed by atoms with Gasteiger partial charge < -0.3 is 25.4 Å². The number of pyridine rings is 1. The zero-order valence-electron chi connectivity index (χ0n) is 25.5. The average Bonchev–Trinajstić information content (AvgIpc) is 3.00. The minimum Gasteiger partial charge on any atom is -0.366 e. The van der Waals surface area contributed by atoms with Crippen LogP contribution in [0.5, 0.6) is 0 Å². The summed E-state index contributed by atoms with van der Waals surface area (Å²) in [5.74, 6) is -0.939. The molecule has 3 amide bonds. The van der Waals surface area contributed by atoms with E-state index in [2.05, 4.69) is 20.9 Å². The van der Waals surface area contributed by atoms with E-state index in [4.69, 9.17) is 0 Å². The van der Waals surface area contributed by atoms with E-state index < -0.39 is 17.2 Å². The van der Waals surface area contributed by atoms with E-state index in [0.717, 1.165) is 27.9 Å². The molecule has 13 heteroatoms. The number of amides is 3. The number of hydrogen-bond acceptors (Lipinski definition) is 7. The van der Waals surface area contributed by atoms with Crippen LogP contribution >= 0.6 is 0 Å². The van der Waals surface area contributed by atoms with E-state index >= 15 is 0 Å². The molecule has 2 bridgehead atoms. The fourth-order valence-electron chi connectivity index (χ4n) is 7.26. The topological polar surface area (TPSA) is 157 Å². The second-order valence-electron chi connectivity index (χ2n) is 12.3. The zero-order chi connectivity index (χ0) is 32.0. The van der Waals surface area contributed by atoms with Gasteiger partial charge in [-0.05, 0) is 48.6 Å². The lowest BCUT2D eigenvalue weighted by molar-refractivity contribution is -0.126. The van der Waals surface area contributed by atoms with Gasteiger partial charge in [0, 0.05) is 93.9 Å². The van der Waals surface area contributed by atoms with E-state index in [-0.39, 0.29) is 60.7 Å². The number of benzene rings is 1. The van der Waals surface area contributed by atoms with E-state index in [9.17, 15) is 28.8 Å². The monoisotopic (exact) mass is 615 g/mol. The van der Waals surface area contributed by atoms with E-state index in [0.29, 0.717) is 30.9 Å². The number of nitrogens with zero attached hydrogens (tertiary/aromatic N) is 4. The maximum absolute atomic E-state index is 13.9. The van der Waals surface area contributed by atoms with Crippen LogP contribution in [0.2, 0.25) is 0 Å². The Labute approximate surface area is 258 Å². The third-order valence-electron chi connectivity index (χ3n) is 9.36. The van der Waals surface area contributed by atoms with Crippen molar-refractivity contribution in [2.45, 2.75) is 51.2 Å². The molecule has 0 spiro atoms. The highest BCUT2D eigenvalue weighted by molar-refractivity contribution is 5.89. The van der Waals surface area contributed by atoms with Crippen LogP contribution in [0.4, 0.5) is 11.4 Å². The zero-order valence-corrected chi connectivity index (χ0v) is 25.5. The fraction of sp³-hybridized carbons (Fsp3) is 0.438. The van der Waals surface area contributed by atoms with Crippen molar-refractivity contribution in [2.24, 2.45) is 25.9 Å². The number of fused-ring (bicyclic) bond motifs is 8. The highest BCUT2D eigenvalue weighted by Crippen LogP contribution is 2.48. The third-order valence-corrected chi connectivity index (χ3v) is 9.36. The number of anilines is 2. The van der Waals surface area contributed by atoms with Gasteiger partial charge in [-0.3, -0.25) is 33.1 Å². The summed E-state index contributed by atoms with van der Waals surface area (Å²) in [6.45, 7) is 2.89. The molecule has 1 aromatic carbocycles. The van der Waals surface area contributed by atoms with Gasteiger partial charge in [0.25, 0.3) is 11.1 Å². The lowest BCUT2D eigenvalue weighted by atomic mass is 9.69. The molecule has 0 radical (unpaired) electrons. The number of nitrogens with one attached hydrogen (secondary N) is 3. The minimum atomic E-state index is -0.481. The Morgan fingerprint density at radius 1 is 0.933 bits per heavy atom. The first kappa shape index (κ1) is 30.1. The van der Waals surface area contributed by atoms with Gasteiger partial charge in [-0.2, -0.15) is 0 Å². The summed E-state index contributed by atoms with van der Waals surface area (Å²) < 4.78 is 4.14. The molecule has 0 unspecified atom stereocenters. The maximum Gasteiger partial charge on any atom is 0.330 e. The maximum atomic E-state index is 13.9. The van der Waals surface area contributed by atoms with Crippen molar-refractivity contribution in [3.05, 3.63) is 90.6 Å². The van der Waals surface area contributed by atoms with Crippen LogP contribution in [0.15, 0.2) is 56.8 Å². The van der Waals surface area contributed by atoms with Gasteiger partial charge in [-0.25, -0.2) is 4.79 Å². The van der Waals surface area contributed by atoms with Crippen molar-refractivity contribution >= 4 is 29.1 Å². The first-order chi connectivity index (χ1) is 21.5. The van der Waals surface area contributed by atoms with Crippen molar-refractivity contribution in [3.63, 3.8) is 0 Å². The van der Waals surface area contributed by atoms with E-state index in [1.54, 1.807) is 12.1 Å². The Kier molecular flexibility index (Phi) is 7.94. The molecule has 0 saturated carbocycles. The molecule has 3 aliphatic heterocycles. The quantitative estimate of drug-likeness (QED) is 0.343. The molecule has 1 saturated heterocycles. The summed E-state index contributed by atoms with van der Waals surface area (Å²) in [6, 6.07) is 12.3. The molecule has 236 valence electrons. The first-order valence-electron chi connectivity index (χ1n) is 15.2. The van der Waals surface area contributed by atoms with Crippen LogP contribution in [-0.2, 0) is 48.0 Å². The van der Waals surface area contributed by atoms with Crippen LogP contribution < -0.4 is 37.7 Å². The first-order valence-corrected chi connectivity index (χ1v) is 15.2. The molecule has 1 fully saturated rings. The third kappa shape index (κ3) is 5.69. The summed E-state index contributed by atoms with van der Waals surface area (Å²) in [5, 5.41) is 8.52. The number of carbonyl (C=O) groups excluding carboxylic acids is 3. The molecule has 6 rings (SSSR count). The molecular weight excluding hydrogens is 578 g/mol. The summed E-state index contributed by atoms with van der Waals surface area (Å²) in [6.07, 6.45) is 1.33. The largest absolute Gasteiger partial charge is 0.366 e. The molecule has 3 aliphatic rings. The van der Waals surface area contributed by atoms with Gasteiger partial charge in [0.05, 0.1) is 12.5 Å². The van der Waals surface area contributed by atoms with Gasteiger partial charge in [-0.1, -0.05) is 6.07 Å². The summed E-state index contributed by atoms with van der Waals surface area (Å²) in [4.78, 5) is 77.5. The van der Waals surface area contributed by atoms with Crippen LogP contribution in [0.3, 0.4) is 0 Å². The second kappa shape index (κ2) is 11.9. The minimum absolute atomic E-state index is 0.00327. The van der Waals surface area contributed by atoms with Crippen LogP contribution in [-0.4, -0.2) is 50.6 Å². The van der Waals surface area contributed by atoms with Crippen LogP contribution in [0.1, 0.15) is 42.6 Å². The summed E-state index contributed by atoms with van der Waals surface area (Å²) >= 11 is 0. The van der Waals surface area contributed by atoms with Gasteiger partial charge >= 0.3 is 5.69 Å². The lowest BCUT2D eigenvalue weighted by Crippen LogP contribution is -2.60. The standard InChI is InChI=1S/C32H37N7O6/c1-18(40)35-21-7-8-25-20(12-21)13-24(30-23-11-19(17-39(25)30)16-38-26(23)5-4-6-28(38)42)31(44)33-10-9-27(41)34-15-22-14-29(43)37(3)32(45)36(22)2/h4-8,12,14,19,23-24,30H,9-11,13,15-17H2,1-3H3,(H,33,44)(H,34,41)(H,35,40)/t19-,23+,24+,30+/m0/s1.